The average molecular weight is 424 g/mol. The standard InChI is InChI=1S/C26H37N3O2/c1-18(30)21-7-8-22-20-6-5-19-15-26(31,10-4-14-29-17-27-16-28-29)13-12-24(19,2)23(20)9-11-25(21,22)3/h16-17,19-23,31H,5-9,11-15H2,1-3H3/t19-,20+,21-,22+,23+,24+,25-,26-/m1/s1. The summed E-state index contributed by atoms with van der Waals surface area (Å²) in [5, 5.41) is 15.4. The lowest BCUT2D eigenvalue weighted by Crippen LogP contribution is -2.56. The molecular weight excluding hydrogens is 386 g/mol. The van der Waals surface area contributed by atoms with Crippen LogP contribution < -0.4 is 0 Å². The van der Waals surface area contributed by atoms with Gasteiger partial charge in [-0.15, -0.1) is 0 Å². The van der Waals surface area contributed by atoms with E-state index in [2.05, 4.69) is 35.8 Å². The van der Waals surface area contributed by atoms with Gasteiger partial charge in [0.1, 0.15) is 30.6 Å². The summed E-state index contributed by atoms with van der Waals surface area (Å²) >= 11 is 0. The summed E-state index contributed by atoms with van der Waals surface area (Å²) in [5.41, 5.74) is -0.343. The lowest BCUT2D eigenvalue weighted by Gasteiger charge is -2.61. The van der Waals surface area contributed by atoms with Gasteiger partial charge in [0.15, 0.2) is 0 Å². The van der Waals surface area contributed by atoms with Crippen molar-refractivity contribution in [1.82, 2.24) is 14.8 Å². The van der Waals surface area contributed by atoms with Crippen LogP contribution in [0.3, 0.4) is 0 Å². The number of ketones is 1. The van der Waals surface area contributed by atoms with Crippen molar-refractivity contribution < 1.29 is 9.90 Å². The van der Waals surface area contributed by atoms with E-state index in [1.807, 2.05) is 6.92 Å². The van der Waals surface area contributed by atoms with Crippen LogP contribution in [0.1, 0.15) is 78.6 Å². The Kier molecular flexibility index (Phi) is 5.09. The quantitative estimate of drug-likeness (QED) is 0.722. The largest absolute Gasteiger partial charge is 0.378 e. The third-order valence-electron chi connectivity index (χ3n) is 10.2. The summed E-state index contributed by atoms with van der Waals surface area (Å²) in [6.45, 7) is 7.23. The van der Waals surface area contributed by atoms with Gasteiger partial charge in [0.25, 0.3) is 0 Å². The molecule has 1 aromatic rings. The van der Waals surface area contributed by atoms with E-state index < -0.39 is 5.60 Å². The van der Waals surface area contributed by atoms with Gasteiger partial charge in [-0.3, -0.25) is 4.79 Å². The molecule has 4 aliphatic carbocycles. The number of Topliss-reactive ketones (excluding diaryl/α,β-unsaturated/α-hetero) is 1. The lowest BCUT2D eigenvalue weighted by atomic mass is 9.44. The molecule has 0 aromatic carbocycles. The Balaban J connectivity index is 1.31. The average Bonchev–Trinajstić information content (AvgIpc) is 3.36. The highest BCUT2D eigenvalue weighted by molar-refractivity contribution is 5.79. The van der Waals surface area contributed by atoms with Gasteiger partial charge >= 0.3 is 0 Å². The maximum Gasteiger partial charge on any atom is 0.137 e. The Morgan fingerprint density at radius 3 is 2.65 bits per heavy atom. The van der Waals surface area contributed by atoms with Crippen LogP contribution >= 0.6 is 0 Å². The first-order valence-corrected chi connectivity index (χ1v) is 12.3. The number of fused-ring (bicyclic) bond motifs is 5. The monoisotopic (exact) mass is 423 g/mol. The van der Waals surface area contributed by atoms with E-state index in [0.717, 1.165) is 37.5 Å². The third kappa shape index (κ3) is 3.37. The highest BCUT2D eigenvalue weighted by Crippen LogP contribution is 2.68. The first-order chi connectivity index (χ1) is 14.8. The minimum absolute atomic E-state index is 0.221. The fraction of sp³-hybridized carbons (Fsp3) is 0.808. The normalized spacial score (nSPS) is 46.3. The summed E-state index contributed by atoms with van der Waals surface area (Å²) in [6, 6.07) is 0. The van der Waals surface area contributed by atoms with Crippen LogP contribution in [0.15, 0.2) is 12.7 Å². The van der Waals surface area contributed by atoms with Crippen LogP contribution in [0.25, 0.3) is 0 Å². The minimum atomic E-state index is -0.867. The molecule has 0 unspecified atom stereocenters. The fourth-order valence-corrected chi connectivity index (χ4v) is 8.63. The van der Waals surface area contributed by atoms with E-state index in [1.165, 1.54) is 38.4 Å². The molecule has 4 aliphatic rings. The summed E-state index contributed by atoms with van der Waals surface area (Å²) in [5.74, 6) is 9.78. The number of aliphatic hydroxyl groups is 1. The van der Waals surface area contributed by atoms with Gasteiger partial charge in [-0.25, -0.2) is 9.67 Å². The molecule has 1 N–H and O–H groups in total. The summed E-state index contributed by atoms with van der Waals surface area (Å²) in [6.07, 6.45) is 13.1. The highest BCUT2D eigenvalue weighted by Gasteiger charge is 2.61. The van der Waals surface area contributed by atoms with Crippen molar-refractivity contribution in [2.75, 3.05) is 0 Å². The molecule has 168 valence electrons. The molecule has 8 atom stereocenters. The molecule has 4 saturated carbocycles. The van der Waals surface area contributed by atoms with Crippen LogP contribution in [0.5, 0.6) is 0 Å². The zero-order chi connectivity index (χ0) is 21.9. The second kappa shape index (κ2) is 7.44. The van der Waals surface area contributed by atoms with E-state index in [4.69, 9.17) is 0 Å². The number of rotatable bonds is 2. The number of hydrogen-bond acceptors (Lipinski definition) is 4. The number of nitrogens with zero attached hydrogens (tertiary/aromatic N) is 3. The van der Waals surface area contributed by atoms with E-state index >= 15 is 0 Å². The molecule has 0 aliphatic heterocycles. The molecule has 0 radical (unpaired) electrons. The molecule has 1 heterocycles. The summed E-state index contributed by atoms with van der Waals surface area (Å²) in [7, 11) is 0. The van der Waals surface area contributed by atoms with Crippen LogP contribution in [0.2, 0.25) is 0 Å². The van der Waals surface area contributed by atoms with Gasteiger partial charge < -0.3 is 5.11 Å². The van der Waals surface area contributed by atoms with Gasteiger partial charge in [-0.1, -0.05) is 25.7 Å². The van der Waals surface area contributed by atoms with E-state index in [1.54, 1.807) is 11.0 Å². The highest BCUT2D eigenvalue weighted by atomic mass is 16.3. The van der Waals surface area contributed by atoms with Gasteiger partial charge in [-0.05, 0) is 99.2 Å². The molecule has 5 rings (SSSR count). The van der Waals surface area contributed by atoms with Crippen LogP contribution in [-0.2, 0) is 11.3 Å². The third-order valence-corrected chi connectivity index (χ3v) is 10.2. The molecule has 0 spiro atoms. The van der Waals surface area contributed by atoms with E-state index in [-0.39, 0.29) is 11.3 Å². The maximum atomic E-state index is 12.3. The predicted octanol–water partition coefficient (Wildman–Crippen LogP) is 4.26. The molecule has 31 heavy (non-hydrogen) atoms. The number of carbonyl (C=O) groups excluding carboxylic acids is 1. The molecular formula is C26H37N3O2. The molecule has 5 heteroatoms. The van der Waals surface area contributed by atoms with Crippen molar-refractivity contribution in [3.05, 3.63) is 12.7 Å². The molecule has 0 saturated heterocycles. The second-order valence-electron chi connectivity index (χ2n) is 11.6. The van der Waals surface area contributed by atoms with Gasteiger partial charge in [0.2, 0.25) is 0 Å². The van der Waals surface area contributed by atoms with E-state index in [9.17, 15) is 9.90 Å². The number of aromatic nitrogens is 3. The summed E-state index contributed by atoms with van der Waals surface area (Å²) in [4.78, 5) is 16.3. The lowest BCUT2D eigenvalue weighted by molar-refractivity contribution is -0.144. The smallest absolute Gasteiger partial charge is 0.137 e. The Morgan fingerprint density at radius 2 is 1.90 bits per heavy atom. The van der Waals surface area contributed by atoms with Crippen molar-refractivity contribution in [2.24, 2.45) is 40.4 Å². The number of hydrogen-bond donors (Lipinski definition) is 1. The van der Waals surface area contributed by atoms with Crippen LogP contribution in [-0.4, -0.2) is 31.3 Å². The zero-order valence-electron chi connectivity index (χ0n) is 19.3. The topological polar surface area (TPSA) is 68.0 Å². The van der Waals surface area contributed by atoms with Crippen LogP contribution in [0.4, 0.5) is 0 Å². The minimum Gasteiger partial charge on any atom is -0.378 e. The van der Waals surface area contributed by atoms with Gasteiger partial charge in [-0.2, -0.15) is 5.10 Å². The van der Waals surface area contributed by atoms with Crippen molar-refractivity contribution in [3.8, 4) is 11.8 Å². The molecule has 1 aromatic heterocycles. The zero-order valence-corrected chi connectivity index (χ0v) is 19.3. The van der Waals surface area contributed by atoms with Crippen molar-refractivity contribution in [1.29, 1.82) is 0 Å². The van der Waals surface area contributed by atoms with E-state index in [0.29, 0.717) is 29.6 Å². The molecule has 4 fully saturated rings. The Morgan fingerprint density at radius 1 is 1.10 bits per heavy atom. The Labute approximate surface area is 186 Å². The molecule has 0 amide bonds. The predicted molar refractivity (Wildman–Crippen MR) is 119 cm³/mol. The van der Waals surface area contributed by atoms with Crippen molar-refractivity contribution in [2.45, 2.75) is 90.7 Å². The van der Waals surface area contributed by atoms with Crippen molar-refractivity contribution >= 4 is 5.78 Å². The van der Waals surface area contributed by atoms with Gasteiger partial charge in [0.05, 0.1) is 0 Å². The fourth-order valence-electron chi connectivity index (χ4n) is 8.63. The number of carbonyl (C=O) groups is 1. The van der Waals surface area contributed by atoms with Crippen molar-refractivity contribution in [3.63, 3.8) is 0 Å². The Bertz CT molecular complexity index is 901. The SMILES string of the molecule is CC(=O)[C@H]1CC[C@H]2[C@@H]3CC[C@@H]4C[C@@](O)(C#CCn5cncn5)CC[C@]4(C)[C@H]3CC[C@]12C. The Hall–Kier alpha value is -1.67. The maximum absolute atomic E-state index is 12.3. The first-order valence-electron chi connectivity index (χ1n) is 12.3. The van der Waals surface area contributed by atoms with Gasteiger partial charge in [0, 0.05) is 5.92 Å². The molecule has 5 nitrogen and oxygen atoms in total. The summed E-state index contributed by atoms with van der Waals surface area (Å²) < 4.78 is 1.70. The first kappa shape index (κ1) is 21.2. The second-order valence-corrected chi connectivity index (χ2v) is 11.6. The van der Waals surface area contributed by atoms with Crippen LogP contribution in [0, 0.1) is 52.3 Å². The molecule has 0 bridgehead atoms.